The summed E-state index contributed by atoms with van der Waals surface area (Å²) in [7, 11) is 1.59. The van der Waals surface area contributed by atoms with Crippen LogP contribution in [0.3, 0.4) is 0 Å². The number of anilines is 3. The molecule has 1 fully saturated rings. The number of carbonyl (C=O) groups excluding carboxylic acids is 2. The van der Waals surface area contributed by atoms with Crippen molar-refractivity contribution in [1.82, 2.24) is 14.8 Å². The van der Waals surface area contributed by atoms with Crippen LogP contribution in [0.5, 0.6) is 5.75 Å². The van der Waals surface area contributed by atoms with Gasteiger partial charge in [0.15, 0.2) is 0 Å². The number of urea groups is 1. The van der Waals surface area contributed by atoms with Gasteiger partial charge in [0.05, 0.1) is 18.4 Å². The molecule has 8 nitrogen and oxygen atoms in total. The van der Waals surface area contributed by atoms with Gasteiger partial charge in [0, 0.05) is 43.1 Å². The number of ether oxygens (including phenoxy) is 1. The van der Waals surface area contributed by atoms with Crippen LogP contribution in [-0.4, -0.2) is 60.0 Å². The van der Waals surface area contributed by atoms with E-state index < -0.39 is 0 Å². The summed E-state index contributed by atoms with van der Waals surface area (Å²) < 4.78 is 5.40. The first-order valence-corrected chi connectivity index (χ1v) is 11.4. The molecule has 0 atom stereocenters. The van der Waals surface area contributed by atoms with Crippen molar-refractivity contribution >= 4 is 40.7 Å². The Kier molecular flexibility index (Phi) is 7.49. The summed E-state index contributed by atoms with van der Waals surface area (Å²) >= 11 is 5.91. The van der Waals surface area contributed by atoms with Gasteiger partial charge in [0.1, 0.15) is 11.6 Å². The molecule has 3 aromatic rings. The summed E-state index contributed by atoms with van der Waals surface area (Å²) in [5.74, 6) is 0.979. The van der Waals surface area contributed by atoms with Crippen LogP contribution >= 0.6 is 11.6 Å². The SMILES string of the molecule is COc1ccccc1Nc1ncccc1C(=O)N1CCCN(C(=O)Nc2ccc(Cl)cc2)CC1. The van der Waals surface area contributed by atoms with Crippen molar-refractivity contribution < 1.29 is 14.3 Å². The molecule has 176 valence electrons. The highest BCUT2D eigenvalue weighted by Crippen LogP contribution is 2.28. The second-order valence-electron chi connectivity index (χ2n) is 7.79. The summed E-state index contributed by atoms with van der Waals surface area (Å²) in [5, 5.41) is 6.71. The normalized spacial score (nSPS) is 13.7. The standard InChI is InChI=1S/C25H26ClN5O3/c1-34-22-8-3-2-7-21(22)29-23-20(6-4-13-27-23)24(32)30-14-5-15-31(17-16-30)25(33)28-19-11-9-18(26)10-12-19/h2-4,6-13H,5,14-17H2,1H3,(H,27,29)(H,28,33). The molecule has 0 saturated carbocycles. The third-order valence-electron chi connectivity index (χ3n) is 5.56. The van der Waals surface area contributed by atoms with Crippen LogP contribution in [0, 0.1) is 0 Å². The number of aromatic nitrogens is 1. The molecule has 2 heterocycles. The van der Waals surface area contributed by atoms with Crippen molar-refractivity contribution in [3.8, 4) is 5.75 Å². The molecule has 2 N–H and O–H groups in total. The highest BCUT2D eigenvalue weighted by Gasteiger charge is 2.25. The van der Waals surface area contributed by atoms with Crippen molar-refractivity contribution in [1.29, 1.82) is 0 Å². The first kappa shape index (κ1) is 23.4. The van der Waals surface area contributed by atoms with Gasteiger partial charge in [-0.3, -0.25) is 4.79 Å². The van der Waals surface area contributed by atoms with Crippen LogP contribution in [0.25, 0.3) is 0 Å². The Morgan fingerprint density at radius 1 is 0.941 bits per heavy atom. The van der Waals surface area contributed by atoms with Gasteiger partial charge >= 0.3 is 6.03 Å². The Bertz CT molecular complexity index is 1160. The van der Waals surface area contributed by atoms with E-state index >= 15 is 0 Å². The van der Waals surface area contributed by atoms with Crippen LogP contribution in [0.1, 0.15) is 16.8 Å². The zero-order chi connectivity index (χ0) is 23.9. The van der Waals surface area contributed by atoms with E-state index in [0.29, 0.717) is 60.4 Å². The van der Waals surface area contributed by atoms with Crippen molar-refractivity contribution in [3.63, 3.8) is 0 Å². The fourth-order valence-corrected chi connectivity index (χ4v) is 3.91. The van der Waals surface area contributed by atoms with E-state index in [0.717, 1.165) is 5.69 Å². The predicted molar refractivity (Wildman–Crippen MR) is 133 cm³/mol. The number of carbonyl (C=O) groups is 2. The summed E-state index contributed by atoms with van der Waals surface area (Å²) in [6, 6.07) is 17.7. The molecule has 3 amide bonds. The number of amides is 3. The van der Waals surface area contributed by atoms with Crippen LogP contribution in [-0.2, 0) is 0 Å². The monoisotopic (exact) mass is 479 g/mol. The third kappa shape index (κ3) is 5.58. The van der Waals surface area contributed by atoms with Crippen LogP contribution in [0.15, 0.2) is 66.9 Å². The van der Waals surface area contributed by atoms with Gasteiger partial charge in [-0.15, -0.1) is 0 Å². The molecule has 9 heteroatoms. The maximum atomic E-state index is 13.4. The second kappa shape index (κ2) is 10.9. The maximum absolute atomic E-state index is 13.4. The van der Waals surface area contributed by atoms with E-state index in [2.05, 4.69) is 15.6 Å². The fraction of sp³-hybridized carbons (Fsp3) is 0.240. The topological polar surface area (TPSA) is 86.8 Å². The minimum absolute atomic E-state index is 0.134. The first-order chi connectivity index (χ1) is 16.5. The van der Waals surface area contributed by atoms with Gasteiger partial charge in [0.2, 0.25) is 0 Å². The van der Waals surface area contributed by atoms with Crippen molar-refractivity contribution in [2.24, 2.45) is 0 Å². The van der Waals surface area contributed by atoms with Crippen LogP contribution in [0.4, 0.5) is 22.0 Å². The number of rotatable bonds is 5. The third-order valence-corrected chi connectivity index (χ3v) is 5.82. The van der Waals surface area contributed by atoms with Crippen molar-refractivity contribution in [2.75, 3.05) is 43.9 Å². The van der Waals surface area contributed by atoms with Gasteiger partial charge in [-0.25, -0.2) is 9.78 Å². The summed E-state index contributed by atoms with van der Waals surface area (Å²) in [6.07, 6.45) is 2.31. The lowest BCUT2D eigenvalue weighted by Gasteiger charge is -2.23. The molecule has 34 heavy (non-hydrogen) atoms. The van der Waals surface area contributed by atoms with Gasteiger partial charge in [-0.05, 0) is 55.0 Å². The van der Waals surface area contributed by atoms with E-state index in [1.807, 2.05) is 24.3 Å². The molecular formula is C25H26ClN5O3. The summed E-state index contributed by atoms with van der Waals surface area (Å²) in [5.41, 5.74) is 1.86. The Balaban J connectivity index is 1.43. The van der Waals surface area contributed by atoms with Gasteiger partial charge in [-0.2, -0.15) is 0 Å². The number of nitrogens with zero attached hydrogens (tertiary/aromatic N) is 3. The van der Waals surface area contributed by atoms with E-state index in [9.17, 15) is 9.59 Å². The Morgan fingerprint density at radius 2 is 1.68 bits per heavy atom. The van der Waals surface area contributed by atoms with Crippen LogP contribution < -0.4 is 15.4 Å². The first-order valence-electron chi connectivity index (χ1n) is 11.0. The van der Waals surface area contributed by atoms with Crippen molar-refractivity contribution in [3.05, 3.63) is 77.4 Å². The number of hydrogen-bond donors (Lipinski definition) is 2. The molecule has 0 unspecified atom stereocenters. The minimum atomic E-state index is -0.198. The lowest BCUT2D eigenvalue weighted by Crippen LogP contribution is -2.39. The molecular weight excluding hydrogens is 454 g/mol. The van der Waals surface area contributed by atoms with E-state index in [1.165, 1.54) is 0 Å². The molecule has 1 aliphatic heterocycles. The zero-order valence-electron chi connectivity index (χ0n) is 18.8. The fourth-order valence-electron chi connectivity index (χ4n) is 3.78. The number of pyridine rings is 1. The highest BCUT2D eigenvalue weighted by molar-refractivity contribution is 6.30. The molecule has 1 aliphatic rings. The average Bonchev–Trinajstić information content (AvgIpc) is 3.12. The van der Waals surface area contributed by atoms with Crippen LogP contribution in [0.2, 0.25) is 5.02 Å². The Labute approximate surface area is 203 Å². The number of methoxy groups -OCH3 is 1. The maximum Gasteiger partial charge on any atom is 0.321 e. The van der Waals surface area contributed by atoms with E-state index in [4.69, 9.17) is 16.3 Å². The van der Waals surface area contributed by atoms with Gasteiger partial charge < -0.3 is 25.2 Å². The second-order valence-corrected chi connectivity index (χ2v) is 8.23. The summed E-state index contributed by atoms with van der Waals surface area (Å²) in [4.78, 5) is 34.0. The molecule has 0 radical (unpaired) electrons. The molecule has 1 saturated heterocycles. The molecule has 0 spiro atoms. The van der Waals surface area contributed by atoms with Crippen molar-refractivity contribution in [2.45, 2.75) is 6.42 Å². The molecule has 0 aliphatic carbocycles. The predicted octanol–water partition coefficient (Wildman–Crippen LogP) is 4.87. The molecule has 2 aromatic carbocycles. The quantitative estimate of drug-likeness (QED) is 0.545. The largest absolute Gasteiger partial charge is 0.495 e. The van der Waals surface area contributed by atoms with Gasteiger partial charge in [-0.1, -0.05) is 23.7 Å². The number of halogens is 1. The number of para-hydroxylation sites is 2. The van der Waals surface area contributed by atoms with Gasteiger partial charge in [0.25, 0.3) is 5.91 Å². The Morgan fingerprint density at radius 3 is 2.47 bits per heavy atom. The zero-order valence-corrected chi connectivity index (χ0v) is 19.6. The Hall–Kier alpha value is -3.78. The smallest absolute Gasteiger partial charge is 0.321 e. The number of benzene rings is 2. The summed E-state index contributed by atoms with van der Waals surface area (Å²) in [6.45, 7) is 1.96. The number of hydrogen-bond acceptors (Lipinski definition) is 5. The minimum Gasteiger partial charge on any atom is -0.495 e. The number of nitrogens with one attached hydrogen (secondary N) is 2. The molecule has 0 bridgehead atoms. The lowest BCUT2D eigenvalue weighted by atomic mass is 10.2. The molecule has 4 rings (SSSR count). The van der Waals surface area contributed by atoms with E-state index in [1.54, 1.807) is 59.5 Å². The average molecular weight is 480 g/mol. The highest BCUT2D eigenvalue weighted by atomic mass is 35.5. The molecule has 1 aromatic heterocycles. The lowest BCUT2D eigenvalue weighted by molar-refractivity contribution is 0.0763. The van der Waals surface area contributed by atoms with E-state index in [-0.39, 0.29) is 11.9 Å².